The van der Waals surface area contributed by atoms with Crippen molar-refractivity contribution in [3.8, 4) is 0 Å². The fourth-order valence-corrected chi connectivity index (χ4v) is 3.21. The Morgan fingerprint density at radius 1 is 1.09 bits per heavy atom. The zero-order valence-corrected chi connectivity index (χ0v) is 12.3. The minimum atomic E-state index is -2.01. The van der Waals surface area contributed by atoms with Crippen LogP contribution in [0, 0.1) is 0 Å². The highest BCUT2D eigenvalue weighted by molar-refractivity contribution is 5.85. The van der Waals surface area contributed by atoms with Gasteiger partial charge in [-0.25, -0.2) is 4.79 Å². The van der Waals surface area contributed by atoms with E-state index in [1.54, 1.807) is 19.1 Å². The highest BCUT2D eigenvalue weighted by Crippen LogP contribution is 2.51. The number of esters is 1. The van der Waals surface area contributed by atoms with E-state index in [2.05, 4.69) is 0 Å². The van der Waals surface area contributed by atoms with Crippen LogP contribution in [0.3, 0.4) is 0 Å². The number of hydrogen-bond acceptors (Lipinski definition) is 4. The smallest absolute Gasteiger partial charge is 0.342 e. The van der Waals surface area contributed by atoms with Gasteiger partial charge in [0.1, 0.15) is 6.10 Å². The van der Waals surface area contributed by atoms with Gasteiger partial charge < -0.3 is 14.9 Å². The first-order valence-corrected chi connectivity index (χ1v) is 7.32. The minimum Gasteiger partial charge on any atom is -0.464 e. The number of rotatable bonds is 3. The molecule has 1 aliphatic rings. The van der Waals surface area contributed by atoms with Gasteiger partial charge in [0, 0.05) is 0 Å². The molecule has 0 heterocycles. The van der Waals surface area contributed by atoms with E-state index in [-0.39, 0.29) is 6.61 Å². The second kappa shape index (κ2) is 5.55. The zero-order valence-electron chi connectivity index (χ0n) is 12.3. The molecular formula is C18H18O4. The summed E-state index contributed by atoms with van der Waals surface area (Å²) in [5.41, 5.74) is 0.0619. The van der Waals surface area contributed by atoms with Gasteiger partial charge in [0.2, 0.25) is 5.60 Å². The molecule has 1 aliphatic carbocycles. The molecule has 0 aliphatic heterocycles. The van der Waals surface area contributed by atoms with E-state index in [4.69, 9.17) is 4.74 Å². The zero-order chi connectivity index (χ0) is 15.7. The first-order valence-electron chi connectivity index (χ1n) is 7.32. The van der Waals surface area contributed by atoms with Crippen LogP contribution in [-0.2, 0) is 9.53 Å². The van der Waals surface area contributed by atoms with Crippen LogP contribution >= 0.6 is 0 Å². The molecule has 4 heteroatoms. The van der Waals surface area contributed by atoms with E-state index in [1.165, 1.54) is 0 Å². The molecule has 22 heavy (non-hydrogen) atoms. The molecule has 2 aromatic carbocycles. The van der Waals surface area contributed by atoms with Crippen molar-refractivity contribution in [2.45, 2.75) is 24.5 Å². The van der Waals surface area contributed by atoms with Crippen LogP contribution in [-0.4, -0.2) is 28.4 Å². The molecule has 0 saturated heterocycles. The lowest BCUT2D eigenvalue weighted by atomic mass is 9.81. The van der Waals surface area contributed by atoms with E-state index < -0.39 is 23.6 Å². The van der Waals surface area contributed by atoms with Crippen LogP contribution < -0.4 is 0 Å². The molecule has 0 bridgehead atoms. The molecule has 3 atom stereocenters. The molecule has 0 amide bonds. The predicted octanol–water partition coefficient (Wildman–Crippen LogP) is 2.16. The summed E-state index contributed by atoms with van der Waals surface area (Å²) in [6.45, 7) is 1.82. The van der Waals surface area contributed by atoms with Crippen molar-refractivity contribution in [1.29, 1.82) is 0 Å². The lowest BCUT2D eigenvalue weighted by molar-refractivity contribution is -0.178. The lowest BCUT2D eigenvalue weighted by Crippen LogP contribution is -2.47. The number of fused-ring (bicyclic) bond motifs is 1. The highest BCUT2D eigenvalue weighted by Gasteiger charge is 2.58. The fourth-order valence-electron chi connectivity index (χ4n) is 3.21. The van der Waals surface area contributed by atoms with Crippen molar-refractivity contribution in [2.75, 3.05) is 6.61 Å². The normalized spacial score (nSPS) is 26.5. The molecule has 0 radical (unpaired) electrons. The molecule has 114 valence electrons. The molecule has 0 saturated carbocycles. The average molecular weight is 298 g/mol. The van der Waals surface area contributed by atoms with Crippen LogP contribution in [0.25, 0.3) is 0 Å². The largest absolute Gasteiger partial charge is 0.464 e. The van der Waals surface area contributed by atoms with Gasteiger partial charge in [-0.15, -0.1) is 0 Å². The van der Waals surface area contributed by atoms with Crippen molar-refractivity contribution in [1.82, 2.24) is 0 Å². The maximum atomic E-state index is 12.4. The SMILES string of the molecule is CCOC(=O)[C@@]1(O)[C@@H](c2ccccc2)c2ccccc2[C@@H]1O. The summed E-state index contributed by atoms with van der Waals surface area (Å²) in [6.07, 6.45) is -1.31. The Kier molecular flexibility index (Phi) is 3.72. The maximum absolute atomic E-state index is 12.4. The third kappa shape index (κ3) is 2.03. The standard InChI is InChI=1S/C18H18O4/c1-2-22-17(20)18(21)15(12-8-4-3-5-9-12)13-10-6-7-11-14(13)16(18)19/h3-11,15-16,19,21H,2H2,1H3/t15-,16-,18+/m0/s1. The van der Waals surface area contributed by atoms with Gasteiger partial charge in [0.25, 0.3) is 0 Å². The minimum absolute atomic E-state index is 0.145. The van der Waals surface area contributed by atoms with Crippen LogP contribution in [0.4, 0.5) is 0 Å². The number of benzene rings is 2. The van der Waals surface area contributed by atoms with Gasteiger partial charge in [0.15, 0.2) is 0 Å². The van der Waals surface area contributed by atoms with Gasteiger partial charge in [0.05, 0.1) is 12.5 Å². The Balaban J connectivity index is 2.19. The van der Waals surface area contributed by atoms with Gasteiger partial charge >= 0.3 is 5.97 Å². The molecule has 4 nitrogen and oxygen atoms in total. The second-order valence-electron chi connectivity index (χ2n) is 5.42. The van der Waals surface area contributed by atoms with Crippen LogP contribution in [0.5, 0.6) is 0 Å². The van der Waals surface area contributed by atoms with Crippen molar-refractivity contribution in [2.24, 2.45) is 0 Å². The molecule has 3 rings (SSSR count). The summed E-state index contributed by atoms with van der Waals surface area (Å²) in [5, 5.41) is 21.6. The van der Waals surface area contributed by atoms with E-state index in [9.17, 15) is 15.0 Å². The summed E-state index contributed by atoms with van der Waals surface area (Å²) < 4.78 is 5.03. The fraction of sp³-hybridized carbons (Fsp3) is 0.278. The molecule has 2 aromatic rings. The van der Waals surface area contributed by atoms with Crippen LogP contribution in [0.1, 0.15) is 35.6 Å². The third-order valence-electron chi connectivity index (χ3n) is 4.19. The van der Waals surface area contributed by atoms with Crippen molar-refractivity contribution >= 4 is 5.97 Å². The number of carbonyl (C=O) groups excluding carboxylic acids is 1. The number of ether oxygens (including phenoxy) is 1. The Labute approximate surface area is 129 Å². The van der Waals surface area contributed by atoms with Gasteiger partial charge in [-0.05, 0) is 23.6 Å². The first kappa shape index (κ1) is 14.8. The van der Waals surface area contributed by atoms with Gasteiger partial charge in [-0.2, -0.15) is 0 Å². The van der Waals surface area contributed by atoms with Crippen LogP contribution in [0.15, 0.2) is 54.6 Å². The Morgan fingerprint density at radius 3 is 2.32 bits per heavy atom. The lowest BCUT2D eigenvalue weighted by Gasteiger charge is -2.31. The summed E-state index contributed by atoms with van der Waals surface area (Å²) >= 11 is 0. The van der Waals surface area contributed by atoms with E-state index in [1.807, 2.05) is 42.5 Å². The van der Waals surface area contributed by atoms with E-state index >= 15 is 0 Å². The summed E-state index contributed by atoms with van der Waals surface area (Å²) in [7, 11) is 0. The Hall–Kier alpha value is -2.17. The average Bonchev–Trinajstić information content (AvgIpc) is 2.78. The van der Waals surface area contributed by atoms with E-state index in [0.717, 1.165) is 11.1 Å². The molecule has 0 aromatic heterocycles. The predicted molar refractivity (Wildman–Crippen MR) is 81.3 cm³/mol. The highest BCUT2D eigenvalue weighted by atomic mass is 16.6. The number of carbonyl (C=O) groups is 1. The molecule has 0 unspecified atom stereocenters. The monoisotopic (exact) mass is 298 g/mol. The van der Waals surface area contributed by atoms with E-state index in [0.29, 0.717) is 5.56 Å². The number of aliphatic hydroxyl groups is 2. The third-order valence-corrected chi connectivity index (χ3v) is 4.19. The summed E-state index contributed by atoms with van der Waals surface area (Å²) in [6, 6.07) is 16.4. The number of hydrogen-bond donors (Lipinski definition) is 2. The Morgan fingerprint density at radius 2 is 1.68 bits per heavy atom. The molecule has 0 spiro atoms. The molecule has 2 N–H and O–H groups in total. The van der Waals surface area contributed by atoms with Crippen molar-refractivity contribution in [3.05, 3.63) is 71.3 Å². The van der Waals surface area contributed by atoms with Gasteiger partial charge in [-0.1, -0.05) is 54.6 Å². The second-order valence-corrected chi connectivity index (χ2v) is 5.42. The first-order chi connectivity index (χ1) is 10.6. The van der Waals surface area contributed by atoms with Crippen LogP contribution in [0.2, 0.25) is 0 Å². The van der Waals surface area contributed by atoms with Gasteiger partial charge in [-0.3, -0.25) is 0 Å². The summed E-state index contributed by atoms with van der Waals surface area (Å²) in [5.74, 6) is -1.45. The summed E-state index contributed by atoms with van der Waals surface area (Å²) in [4.78, 5) is 12.4. The molecule has 0 fully saturated rings. The quantitative estimate of drug-likeness (QED) is 0.852. The molecular weight excluding hydrogens is 280 g/mol. The topological polar surface area (TPSA) is 66.8 Å². The Bertz CT molecular complexity index is 682. The maximum Gasteiger partial charge on any atom is 0.342 e. The van der Waals surface area contributed by atoms with Crippen molar-refractivity contribution in [3.63, 3.8) is 0 Å². The number of aliphatic hydroxyl groups excluding tert-OH is 1. The van der Waals surface area contributed by atoms with Crippen molar-refractivity contribution < 1.29 is 19.7 Å².